The lowest BCUT2D eigenvalue weighted by molar-refractivity contribution is -0.123. The lowest BCUT2D eigenvalue weighted by Crippen LogP contribution is -2.43. The van der Waals surface area contributed by atoms with Crippen LogP contribution in [0.15, 0.2) is 42.6 Å². The highest BCUT2D eigenvalue weighted by atomic mass is 19.1. The molecule has 0 aliphatic carbocycles. The van der Waals surface area contributed by atoms with Crippen molar-refractivity contribution in [2.24, 2.45) is 5.92 Å². The van der Waals surface area contributed by atoms with Gasteiger partial charge in [0.05, 0.1) is 0 Å². The van der Waals surface area contributed by atoms with Gasteiger partial charge in [-0.3, -0.25) is 10.2 Å². The van der Waals surface area contributed by atoms with E-state index in [-0.39, 0.29) is 24.3 Å². The monoisotopic (exact) mass is 372 g/mol. The quantitative estimate of drug-likeness (QED) is 0.697. The largest absolute Gasteiger partial charge is 0.439 e. The van der Waals surface area contributed by atoms with Crippen molar-refractivity contribution in [1.29, 1.82) is 0 Å². The molecule has 2 atom stereocenters. The van der Waals surface area contributed by atoms with Crippen LogP contribution in [-0.2, 0) is 11.3 Å². The fourth-order valence-electron chi connectivity index (χ4n) is 3.12. The summed E-state index contributed by atoms with van der Waals surface area (Å²) in [7, 11) is 0. The number of hydrogen-bond donors (Lipinski definition) is 3. The molecule has 2 aromatic rings. The van der Waals surface area contributed by atoms with Gasteiger partial charge in [-0.15, -0.1) is 0 Å². The molecule has 1 aromatic heterocycles. The third-order valence-electron chi connectivity index (χ3n) is 4.37. The number of benzene rings is 1. The molecule has 0 spiro atoms. The number of rotatable bonds is 7. The molecule has 0 bridgehead atoms. The Bertz CT molecular complexity index is 784. The van der Waals surface area contributed by atoms with E-state index in [9.17, 15) is 9.18 Å². The van der Waals surface area contributed by atoms with Gasteiger partial charge in [0.15, 0.2) is 0 Å². The highest BCUT2D eigenvalue weighted by molar-refractivity contribution is 5.82. The summed E-state index contributed by atoms with van der Waals surface area (Å²) in [6.45, 7) is 4.61. The summed E-state index contributed by atoms with van der Waals surface area (Å²) in [5.74, 6) is 0.824. The Labute approximate surface area is 158 Å². The minimum Gasteiger partial charge on any atom is -0.439 e. The molecule has 1 amide bonds. The van der Waals surface area contributed by atoms with E-state index in [1.165, 1.54) is 12.1 Å². The summed E-state index contributed by atoms with van der Waals surface area (Å²) in [6, 6.07) is 9.49. The average molecular weight is 372 g/mol. The van der Waals surface area contributed by atoms with Crippen molar-refractivity contribution in [1.82, 2.24) is 21.2 Å². The number of pyridine rings is 1. The first-order valence-corrected chi connectivity index (χ1v) is 9.17. The third kappa shape index (κ3) is 5.48. The first-order valence-electron chi connectivity index (χ1n) is 9.17. The van der Waals surface area contributed by atoms with Crippen LogP contribution in [0.2, 0.25) is 0 Å². The van der Waals surface area contributed by atoms with E-state index < -0.39 is 0 Å². The number of hydrogen-bond acceptors (Lipinski definition) is 5. The average Bonchev–Trinajstić information content (AvgIpc) is 3.08. The Morgan fingerprint density at radius 1 is 1.33 bits per heavy atom. The molecule has 144 valence electrons. The van der Waals surface area contributed by atoms with Gasteiger partial charge in [-0.05, 0) is 37.0 Å². The van der Waals surface area contributed by atoms with Crippen LogP contribution in [0.5, 0.6) is 11.6 Å². The number of ether oxygens (including phenoxy) is 1. The van der Waals surface area contributed by atoms with Gasteiger partial charge in [-0.1, -0.05) is 26.0 Å². The van der Waals surface area contributed by atoms with E-state index in [1.54, 1.807) is 24.4 Å². The van der Waals surface area contributed by atoms with Gasteiger partial charge in [0, 0.05) is 30.4 Å². The molecule has 3 rings (SSSR count). The van der Waals surface area contributed by atoms with E-state index in [2.05, 4.69) is 35.0 Å². The van der Waals surface area contributed by atoms with Crippen LogP contribution in [0, 0.1) is 11.7 Å². The fraction of sp³-hybridized carbons (Fsp3) is 0.400. The number of carbonyl (C=O) groups excluding carboxylic acids is 1. The second kappa shape index (κ2) is 8.92. The molecule has 1 aromatic carbocycles. The van der Waals surface area contributed by atoms with E-state index in [0.717, 1.165) is 18.4 Å². The Kier molecular flexibility index (Phi) is 6.36. The minimum atomic E-state index is -0.381. The van der Waals surface area contributed by atoms with Gasteiger partial charge < -0.3 is 10.1 Å². The minimum absolute atomic E-state index is 0.0747. The maximum atomic E-state index is 13.3. The van der Waals surface area contributed by atoms with Crippen molar-refractivity contribution >= 4 is 5.91 Å². The molecule has 1 fully saturated rings. The zero-order chi connectivity index (χ0) is 19.2. The number of nitrogens with one attached hydrogen (secondary N) is 3. The lowest BCUT2D eigenvalue weighted by Gasteiger charge is -2.13. The molecule has 3 N–H and O–H groups in total. The molecular weight excluding hydrogens is 347 g/mol. The molecule has 0 radical (unpaired) electrons. The second-order valence-electron chi connectivity index (χ2n) is 7.15. The summed E-state index contributed by atoms with van der Waals surface area (Å²) in [5.41, 5.74) is 6.96. The van der Waals surface area contributed by atoms with Gasteiger partial charge in [0.25, 0.3) is 0 Å². The summed E-state index contributed by atoms with van der Waals surface area (Å²) in [6.07, 6.45) is 3.37. The van der Waals surface area contributed by atoms with Gasteiger partial charge in [0.2, 0.25) is 11.8 Å². The van der Waals surface area contributed by atoms with Gasteiger partial charge in [-0.25, -0.2) is 14.8 Å². The Hall–Kier alpha value is -2.51. The number of aromatic nitrogens is 1. The summed E-state index contributed by atoms with van der Waals surface area (Å²) < 4.78 is 19.0. The maximum Gasteiger partial charge on any atom is 0.238 e. The highest BCUT2D eigenvalue weighted by Crippen LogP contribution is 2.23. The topological polar surface area (TPSA) is 75.3 Å². The first-order chi connectivity index (χ1) is 13.0. The lowest BCUT2D eigenvalue weighted by atomic mass is 10.00. The summed E-state index contributed by atoms with van der Waals surface area (Å²) in [4.78, 5) is 16.6. The highest BCUT2D eigenvalue weighted by Gasteiger charge is 2.29. The Morgan fingerprint density at radius 2 is 2.19 bits per heavy atom. The van der Waals surface area contributed by atoms with Crippen LogP contribution < -0.4 is 20.9 Å². The molecule has 0 saturated carbocycles. The van der Waals surface area contributed by atoms with E-state index in [4.69, 9.17) is 4.74 Å². The molecule has 27 heavy (non-hydrogen) atoms. The van der Waals surface area contributed by atoms with Crippen molar-refractivity contribution in [3.63, 3.8) is 0 Å². The SMILES string of the molecule is CC(C)CC1CC(C(=O)NCc2cccnc2Oc2cccc(F)c2)NN1. The fourth-order valence-corrected chi connectivity index (χ4v) is 3.12. The van der Waals surface area contributed by atoms with Crippen LogP contribution in [-0.4, -0.2) is 23.0 Å². The predicted molar refractivity (Wildman–Crippen MR) is 100 cm³/mol. The molecule has 1 aliphatic rings. The standard InChI is InChI=1S/C20H25FN4O2/c1-13(2)9-16-11-18(25-24-16)19(26)23-12-14-5-4-8-22-20(14)27-17-7-3-6-15(21)10-17/h3-8,10,13,16,18,24-25H,9,11-12H2,1-2H3,(H,23,26). The molecule has 7 heteroatoms. The zero-order valence-electron chi connectivity index (χ0n) is 15.5. The predicted octanol–water partition coefficient (Wildman–Crippen LogP) is 2.91. The van der Waals surface area contributed by atoms with Crippen molar-refractivity contribution < 1.29 is 13.9 Å². The van der Waals surface area contributed by atoms with Gasteiger partial charge in [0.1, 0.15) is 17.6 Å². The van der Waals surface area contributed by atoms with E-state index in [0.29, 0.717) is 23.6 Å². The smallest absolute Gasteiger partial charge is 0.238 e. The normalized spacial score (nSPS) is 19.3. The number of amides is 1. The maximum absolute atomic E-state index is 13.3. The van der Waals surface area contributed by atoms with Crippen molar-refractivity contribution in [2.45, 2.75) is 45.3 Å². The third-order valence-corrected chi connectivity index (χ3v) is 4.37. The Morgan fingerprint density at radius 3 is 2.96 bits per heavy atom. The van der Waals surface area contributed by atoms with Crippen molar-refractivity contribution in [3.05, 3.63) is 54.0 Å². The number of nitrogens with zero attached hydrogens (tertiary/aromatic N) is 1. The van der Waals surface area contributed by atoms with Crippen LogP contribution in [0.25, 0.3) is 0 Å². The Balaban J connectivity index is 1.57. The molecule has 6 nitrogen and oxygen atoms in total. The van der Waals surface area contributed by atoms with Gasteiger partial charge in [-0.2, -0.15) is 0 Å². The van der Waals surface area contributed by atoms with Crippen molar-refractivity contribution in [3.8, 4) is 11.6 Å². The van der Waals surface area contributed by atoms with Crippen LogP contribution >= 0.6 is 0 Å². The summed E-state index contributed by atoms with van der Waals surface area (Å²) in [5, 5.41) is 2.92. The number of halogens is 1. The summed E-state index contributed by atoms with van der Waals surface area (Å²) >= 11 is 0. The number of hydrazine groups is 1. The van der Waals surface area contributed by atoms with E-state index in [1.807, 2.05) is 6.07 Å². The second-order valence-corrected chi connectivity index (χ2v) is 7.15. The molecule has 1 aliphatic heterocycles. The van der Waals surface area contributed by atoms with Crippen LogP contribution in [0.1, 0.15) is 32.3 Å². The molecule has 2 heterocycles. The number of carbonyl (C=O) groups is 1. The van der Waals surface area contributed by atoms with Gasteiger partial charge >= 0.3 is 0 Å². The van der Waals surface area contributed by atoms with Crippen molar-refractivity contribution in [2.75, 3.05) is 0 Å². The van der Waals surface area contributed by atoms with Crippen LogP contribution in [0.3, 0.4) is 0 Å². The molecular formula is C20H25FN4O2. The zero-order valence-corrected chi connectivity index (χ0v) is 15.5. The van der Waals surface area contributed by atoms with Crippen LogP contribution in [0.4, 0.5) is 4.39 Å². The van der Waals surface area contributed by atoms with E-state index >= 15 is 0 Å². The first kappa shape index (κ1) is 19.3. The molecule has 2 unspecified atom stereocenters. The molecule has 1 saturated heterocycles.